The van der Waals surface area contributed by atoms with Gasteiger partial charge >= 0.3 is 101 Å². The van der Waals surface area contributed by atoms with Crippen molar-refractivity contribution in [1.29, 1.82) is 0 Å². The van der Waals surface area contributed by atoms with Gasteiger partial charge in [-0.3, -0.25) is 0 Å². The Hall–Kier alpha value is 0.0201. The summed E-state index contributed by atoms with van der Waals surface area (Å²) in [7, 11) is 0. The van der Waals surface area contributed by atoms with Gasteiger partial charge in [-0.25, -0.2) is 0 Å². The van der Waals surface area contributed by atoms with Gasteiger partial charge in [-0.15, -0.1) is 0 Å². The molecule has 0 atom stereocenters. The van der Waals surface area contributed by atoms with Crippen molar-refractivity contribution in [2.24, 2.45) is 0 Å². The Kier molecular flexibility index (Phi) is 6.39. The summed E-state index contributed by atoms with van der Waals surface area (Å²) in [5.74, 6) is 0. The Labute approximate surface area is 100 Å². The van der Waals surface area contributed by atoms with Crippen LogP contribution in [0.3, 0.4) is 0 Å². The average Bonchev–Trinajstić information content (AvgIpc) is 2.29. The molecule has 0 aliphatic rings. The molecule has 0 heterocycles. The van der Waals surface area contributed by atoms with E-state index >= 15 is 0 Å². The summed E-state index contributed by atoms with van der Waals surface area (Å²) in [4.78, 5) is 0. The Bertz CT molecular complexity index is 282. The number of alkyl halides is 1. The maximum absolute atomic E-state index is 12.2. The second kappa shape index (κ2) is 7.32. The van der Waals surface area contributed by atoms with Gasteiger partial charge in [-0.2, -0.15) is 0 Å². The molecule has 2 heteroatoms. The molecule has 0 radical (unpaired) electrons. The second-order valence-corrected chi connectivity index (χ2v) is 14.4. The standard InChI is InChI=1S/C9H10F.2C2H5.In/c10-8-4-7-9-5-2-1-3-6-9;2*1-2;/h1-3,5H,4,7-8H2;2*1H2,2H3;. The molecule has 0 nitrogen and oxygen atoms in total. The molecule has 0 bridgehead atoms. The quantitative estimate of drug-likeness (QED) is 0.756. The van der Waals surface area contributed by atoms with Crippen molar-refractivity contribution in [3.8, 4) is 0 Å². The number of hydrogen-bond acceptors (Lipinski definition) is 0. The van der Waals surface area contributed by atoms with Gasteiger partial charge in [0.25, 0.3) is 0 Å². The van der Waals surface area contributed by atoms with Gasteiger partial charge in [0.2, 0.25) is 0 Å². The molecule has 82 valence electrons. The summed E-state index contributed by atoms with van der Waals surface area (Å²) < 4.78 is 16.6. The van der Waals surface area contributed by atoms with Crippen molar-refractivity contribution < 1.29 is 4.39 Å². The van der Waals surface area contributed by atoms with Crippen molar-refractivity contribution in [2.75, 3.05) is 6.67 Å². The van der Waals surface area contributed by atoms with Crippen LogP contribution in [0.4, 0.5) is 4.39 Å². The van der Waals surface area contributed by atoms with Gasteiger partial charge in [0.15, 0.2) is 0 Å². The Morgan fingerprint density at radius 3 is 2.40 bits per heavy atom. The fourth-order valence-electron chi connectivity index (χ4n) is 2.15. The van der Waals surface area contributed by atoms with Crippen molar-refractivity contribution in [3.05, 3.63) is 29.8 Å². The molecule has 15 heavy (non-hydrogen) atoms. The van der Waals surface area contributed by atoms with E-state index < -0.39 is 21.4 Å². The summed E-state index contributed by atoms with van der Waals surface area (Å²) in [6.45, 7) is 4.44. The first-order chi connectivity index (χ1) is 7.33. The van der Waals surface area contributed by atoms with E-state index in [0.717, 1.165) is 6.42 Å². The molecule has 0 aliphatic heterocycles. The van der Waals surface area contributed by atoms with Crippen LogP contribution in [-0.2, 0) is 6.42 Å². The summed E-state index contributed by atoms with van der Waals surface area (Å²) in [6.07, 6.45) is 1.61. The van der Waals surface area contributed by atoms with Crippen LogP contribution in [0.5, 0.6) is 0 Å². The van der Waals surface area contributed by atoms with Crippen molar-refractivity contribution in [3.63, 3.8) is 0 Å². The molecule has 0 aliphatic carbocycles. The molecule has 1 aromatic rings. The second-order valence-electron chi connectivity index (χ2n) is 4.00. The van der Waals surface area contributed by atoms with Gasteiger partial charge in [0, 0.05) is 0 Å². The van der Waals surface area contributed by atoms with E-state index in [0.29, 0.717) is 6.42 Å². The minimum absolute atomic E-state index is 0.188. The van der Waals surface area contributed by atoms with Gasteiger partial charge < -0.3 is 0 Å². The van der Waals surface area contributed by atoms with Crippen LogP contribution in [0.15, 0.2) is 24.3 Å². The van der Waals surface area contributed by atoms with E-state index in [1.807, 2.05) is 0 Å². The third-order valence-electron chi connectivity index (χ3n) is 3.06. The van der Waals surface area contributed by atoms with Gasteiger partial charge in [0.1, 0.15) is 0 Å². The van der Waals surface area contributed by atoms with Crippen LogP contribution in [0.2, 0.25) is 8.35 Å². The molecular weight excluding hydrogens is 290 g/mol. The van der Waals surface area contributed by atoms with Crippen LogP contribution in [-0.4, -0.2) is 28.1 Å². The summed E-state index contributed by atoms with van der Waals surface area (Å²) in [5, 5.41) is 0. The van der Waals surface area contributed by atoms with E-state index in [4.69, 9.17) is 0 Å². The number of hydrogen-bond donors (Lipinski definition) is 0. The zero-order valence-corrected chi connectivity index (χ0v) is 13.1. The van der Waals surface area contributed by atoms with Crippen LogP contribution >= 0.6 is 0 Å². The third kappa shape index (κ3) is 3.82. The molecule has 0 amide bonds. The van der Waals surface area contributed by atoms with E-state index in [9.17, 15) is 4.39 Å². The first-order valence-electron chi connectivity index (χ1n) is 5.97. The van der Waals surface area contributed by atoms with E-state index in [2.05, 4.69) is 38.1 Å². The van der Waals surface area contributed by atoms with Crippen molar-refractivity contribution in [1.82, 2.24) is 0 Å². The van der Waals surface area contributed by atoms with E-state index in [1.54, 1.807) is 3.32 Å². The Morgan fingerprint density at radius 1 is 1.13 bits per heavy atom. The average molecular weight is 310 g/mol. The summed E-state index contributed by atoms with van der Waals surface area (Å²) in [6, 6.07) is 8.72. The predicted octanol–water partition coefficient (Wildman–Crippen LogP) is 3.33. The minimum atomic E-state index is -1.47. The zero-order chi connectivity index (χ0) is 11.1. The van der Waals surface area contributed by atoms with Crippen molar-refractivity contribution in [2.45, 2.75) is 35.0 Å². The van der Waals surface area contributed by atoms with Gasteiger partial charge in [0.05, 0.1) is 0 Å². The fourth-order valence-corrected chi connectivity index (χ4v) is 9.58. The molecule has 0 fully saturated rings. The van der Waals surface area contributed by atoms with Crippen molar-refractivity contribution >= 4 is 24.8 Å². The van der Waals surface area contributed by atoms with Crippen LogP contribution in [0.1, 0.15) is 25.8 Å². The van der Waals surface area contributed by atoms with E-state index in [-0.39, 0.29) is 6.67 Å². The Balaban J connectivity index is 2.84. The normalized spacial score (nSPS) is 10.3. The number of halogens is 1. The van der Waals surface area contributed by atoms with Crippen LogP contribution < -0.4 is 3.32 Å². The molecule has 0 N–H and O–H groups in total. The van der Waals surface area contributed by atoms with Crippen LogP contribution in [0, 0.1) is 0 Å². The topological polar surface area (TPSA) is 0 Å². The molecule has 1 rings (SSSR count). The van der Waals surface area contributed by atoms with Gasteiger partial charge in [-0.1, -0.05) is 0 Å². The fraction of sp³-hybridized carbons (Fsp3) is 0.538. The molecule has 0 spiro atoms. The zero-order valence-electron chi connectivity index (χ0n) is 9.80. The van der Waals surface area contributed by atoms with Gasteiger partial charge in [-0.05, 0) is 0 Å². The predicted molar refractivity (Wildman–Crippen MR) is 67.1 cm³/mol. The molecule has 0 saturated carbocycles. The van der Waals surface area contributed by atoms with E-state index in [1.165, 1.54) is 13.9 Å². The Morgan fingerprint density at radius 2 is 1.80 bits per heavy atom. The molecular formula is C13H20FIn. The number of rotatable bonds is 6. The number of aryl methyl sites for hydroxylation is 1. The monoisotopic (exact) mass is 310 g/mol. The molecule has 0 saturated heterocycles. The SMILES string of the molecule is C[CH2][In]([CH2]C)[c]1ccccc1CCCF. The molecule has 0 aromatic heterocycles. The first kappa shape index (κ1) is 13.1. The summed E-state index contributed by atoms with van der Waals surface area (Å²) >= 11 is -1.47. The third-order valence-corrected chi connectivity index (χ3v) is 12.8. The summed E-state index contributed by atoms with van der Waals surface area (Å²) in [5.41, 5.74) is 1.43. The number of benzene rings is 1. The van der Waals surface area contributed by atoms with Crippen LogP contribution in [0.25, 0.3) is 0 Å². The molecule has 1 aromatic carbocycles. The first-order valence-corrected chi connectivity index (χ1v) is 12.3. The molecule has 0 unspecified atom stereocenters. The maximum atomic E-state index is 12.2.